The Balaban J connectivity index is 1.06. The molecule has 3 aromatic carbocycles. The fourth-order valence-corrected chi connectivity index (χ4v) is 7.99. The fourth-order valence-electron chi connectivity index (χ4n) is 7.61. The lowest BCUT2D eigenvalue weighted by Gasteiger charge is -2.41. The van der Waals surface area contributed by atoms with Crippen LogP contribution in [0.5, 0.6) is 5.75 Å². The van der Waals surface area contributed by atoms with Crippen molar-refractivity contribution in [1.82, 2.24) is 20.9 Å². The van der Waals surface area contributed by atoms with Crippen LogP contribution in [0.15, 0.2) is 71.2 Å². The summed E-state index contributed by atoms with van der Waals surface area (Å²) in [6.07, 6.45) is 6.49. The standard InChI is InChI=1S/C39H49BrN4O5/c1-38(17-21-48-22-18-38)27-44-19-13-29(14-20-44)26-41-35(45)34(23-28-7-3-2-4-8-28)42-36(46)39(15-5-6-16-39)43-37(47)49-33-12-10-30-24-32(40)11-9-31(30)25-33/h2-4,7-12,24-25,29,34H,5-6,13-23,26-27H2,1H3,(H,41,45)(H,42,46)(H,43,47)/t34-/m1/s1. The number of nitrogens with one attached hydrogen (secondary N) is 3. The molecule has 0 spiro atoms. The predicted octanol–water partition coefficient (Wildman–Crippen LogP) is 6.38. The summed E-state index contributed by atoms with van der Waals surface area (Å²) in [5.41, 5.74) is 0.120. The monoisotopic (exact) mass is 732 g/mol. The number of benzene rings is 3. The molecule has 9 nitrogen and oxygen atoms in total. The number of carbonyl (C=O) groups is 3. The average molecular weight is 734 g/mol. The van der Waals surface area contributed by atoms with Crippen LogP contribution < -0.4 is 20.7 Å². The molecule has 1 saturated carbocycles. The summed E-state index contributed by atoms with van der Waals surface area (Å²) in [7, 11) is 0. The van der Waals surface area contributed by atoms with Gasteiger partial charge in [-0.05, 0) is 104 Å². The van der Waals surface area contributed by atoms with Gasteiger partial charge in [0, 0.05) is 37.2 Å². The number of halogens is 1. The minimum atomic E-state index is -1.15. The van der Waals surface area contributed by atoms with E-state index in [1.165, 1.54) is 0 Å². The van der Waals surface area contributed by atoms with Crippen molar-refractivity contribution in [3.8, 4) is 5.75 Å². The molecule has 10 heteroatoms. The van der Waals surface area contributed by atoms with Gasteiger partial charge in [0.05, 0.1) is 0 Å². The molecule has 3 amide bonds. The predicted molar refractivity (Wildman–Crippen MR) is 194 cm³/mol. The van der Waals surface area contributed by atoms with E-state index < -0.39 is 17.7 Å². The highest BCUT2D eigenvalue weighted by Crippen LogP contribution is 2.33. The highest BCUT2D eigenvalue weighted by molar-refractivity contribution is 9.10. The highest BCUT2D eigenvalue weighted by atomic mass is 79.9. The van der Waals surface area contributed by atoms with Gasteiger partial charge in [-0.3, -0.25) is 9.59 Å². The third-order valence-electron chi connectivity index (χ3n) is 10.7. The van der Waals surface area contributed by atoms with Gasteiger partial charge in [0.1, 0.15) is 17.3 Å². The molecule has 0 unspecified atom stereocenters. The molecule has 1 atom stereocenters. The van der Waals surface area contributed by atoms with E-state index in [-0.39, 0.29) is 11.8 Å². The molecule has 0 aromatic heterocycles. The Morgan fingerprint density at radius 3 is 2.37 bits per heavy atom. The fraction of sp³-hybridized carbons (Fsp3) is 0.513. The maximum Gasteiger partial charge on any atom is 0.413 e. The molecule has 2 saturated heterocycles. The maximum absolute atomic E-state index is 14.0. The first-order chi connectivity index (χ1) is 23.7. The first-order valence-electron chi connectivity index (χ1n) is 17.8. The molecule has 3 fully saturated rings. The van der Waals surface area contributed by atoms with Crippen molar-refractivity contribution in [3.05, 3.63) is 76.8 Å². The van der Waals surface area contributed by atoms with Crippen LogP contribution in [0.2, 0.25) is 0 Å². The van der Waals surface area contributed by atoms with Crippen molar-refractivity contribution in [2.45, 2.75) is 76.3 Å². The molecule has 1 aliphatic carbocycles. The second kappa shape index (κ2) is 16.0. The Bertz CT molecular complexity index is 1600. The lowest BCUT2D eigenvalue weighted by molar-refractivity contribution is -0.132. The summed E-state index contributed by atoms with van der Waals surface area (Å²) >= 11 is 3.48. The van der Waals surface area contributed by atoms with Gasteiger partial charge in [0.25, 0.3) is 0 Å². The third kappa shape index (κ3) is 9.41. The minimum Gasteiger partial charge on any atom is -0.410 e. The van der Waals surface area contributed by atoms with E-state index in [0.717, 1.165) is 92.2 Å². The molecule has 262 valence electrons. The number of ether oxygens (including phenoxy) is 2. The van der Waals surface area contributed by atoms with Gasteiger partial charge in [0.15, 0.2) is 0 Å². The van der Waals surface area contributed by atoms with E-state index in [9.17, 15) is 14.4 Å². The number of carbonyl (C=O) groups excluding carboxylic acids is 3. The molecular weight excluding hydrogens is 684 g/mol. The second-order valence-electron chi connectivity index (χ2n) is 14.6. The van der Waals surface area contributed by atoms with Gasteiger partial charge >= 0.3 is 6.09 Å². The zero-order valence-corrected chi connectivity index (χ0v) is 30.1. The lowest BCUT2D eigenvalue weighted by atomic mass is 9.81. The number of fused-ring (bicyclic) bond motifs is 1. The van der Waals surface area contributed by atoms with Gasteiger partial charge in [0.2, 0.25) is 11.8 Å². The quantitative estimate of drug-likeness (QED) is 0.211. The van der Waals surface area contributed by atoms with Crippen molar-refractivity contribution in [3.63, 3.8) is 0 Å². The van der Waals surface area contributed by atoms with E-state index in [0.29, 0.717) is 42.9 Å². The summed E-state index contributed by atoms with van der Waals surface area (Å²) in [6, 6.07) is 20.3. The zero-order valence-electron chi connectivity index (χ0n) is 28.5. The number of hydrogen-bond acceptors (Lipinski definition) is 6. The van der Waals surface area contributed by atoms with Gasteiger partial charge in [-0.25, -0.2) is 4.79 Å². The number of rotatable bonds is 11. The van der Waals surface area contributed by atoms with Crippen LogP contribution >= 0.6 is 15.9 Å². The van der Waals surface area contributed by atoms with Crippen LogP contribution in [-0.2, 0) is 20.7 Å². The van der Waals surface area contributed by atoms with Crippen LogP contribution in [0, 0.1) is 11.3 Å². The van der Waals surface area contributed by atoms with E-state index in [1.54, 1.807) is 12.1 Å². The van der Waals surface area contributed by atoms with Crippen LogP contribution in [0.1, 0.15) is 63.9 Å². The Labute approximate surface area is 298 Å². The molecule has 3 aromatic rings. The molecule has 49 heavy (non-hydrogen) atoms. The van der Waals surface area contributed by atoms with Crippen LogP contribution in [0.4, 0.5) is 4.79 Å². The number of piperidine rings is 1. The molecule has 0 bridgehead atoms. The van der Waals surface area contributed by atoms with Crippen molar-refractivity contribution >= 4 is 44.6 Å². The molecule has 3 aliphatic rings. The van der Waals surface area contributed by atoms with E-state index in [4.69, 9.17) is 9.47 Å². The molecule has 0 radical (unpaired) electrons. The summed E-state index contributed by atoms with van der Waals surface area (Å²) in [5, 5.41) is 11.1. The maximum atomic E-state index is 14.0. The Kier molecular flexibility index (Phi) is 11.6. The smallest absolute Gasteiger partial charge is 0.410 e. The van der Waals surface area contributed by atoms with Crippen molar-refractivity contribution in [2.24, 2.45) is 11.3 Å². The summed E-state index contributed by atoms with van der Waals surface area (Å²) in [4.78, 5) is 43.5. The molecule has 2 aliphatic heterocycles. The number of likely N-dealkylation sites (tertiary alicyclic amines) is 1. The van der Waals surface area contributed by atoms with Gasteiger partial charge in [-0.2, -0.15) is 0 Å². The third-order valence-corrected chi connectivity index (χ3v) is 11.2. The first kappa shape index (κ1) is 35.4. The van der Waals surface area contributed by atoms with Crippen molar-refractivity contribution in [2.75, 3.05) is 39.4 Å². The Hall–Kier alpha value is -3.47. The number of hydrogen-bond donors (Lipinski definition) is 3. The number of nitrogens with zero attached hydrogens (tertiary/aromatic N) is 1. The molecule has 3 N–H and O–H groups in total. The van der Waals surface area contributed by atoms with Gasteiger partial charge in [-0.15, -0.1) is 0 Å². The van der Waals surface area contributed by atoms with E-state index in [2.05, 4.69) is 43.7 Å². The SMILES string of the molecule is CC1(CN2CCC(CNC(=O)[C@@H](Cc3ccccc3)NC(=O)C3(NC(=O)Oc4ccc5cc(Br)ccc5c4)CCCC3)CC2)CCOCC1. The van der Waals surface area contributed by atoms with Crippen LogP contribution in [-0.4, -0.2) is 73.8 Å². The second-order valence-corrected chi connectivity index (χ2v) is 15.5. The van der Waals surface area contributed by atoms with E-state index >= 15 is 0 Å². The van der Waals surface area contributed by atoms with Gasteiger partial charge in [-0.1, -0.05) is 78.2 Å². The topological polar surface area (TPSA) is 109 Å². The van der Waals surface area contributed by atoms with Gasteiger partial charge < -0.3 is 30.3 Å². The zero-order chi connectivity index (χ0) is 34.3. The normalized spacial score (nSPS) is 20.0. The first-order valence-corrected chi connectivity index (χ1v) is 18.6. The number of amides is 3. The minimum absolute atomic E-state index is 0.201. The molecule has 2 heterocycles. The largest absolute Gasteiger partial charge is 0.413 e. The van der Waals surface area contributed by atoms with E-state index in [1.807, 2.05) is 54.6 Å². The molecular formula is C39H49BrN4O5. The Morgan fingerprint density at radius 1 is 0.939 bits per heavy atom. The lowest BCUT2D eigenvalue weighted by Crippen LogP contribution is -2.61. The highest BCUT2D eigenvalue weighted by Gasteiger charge is 2.44. The van der Waals surface area contributed by atoms with Crippen LogP contribution in [0.25, 0.3) is 10.8 Å². The average Bonchev–Trinajstić information content (AvgIpc) is 3.57. The van der Waals surface area contributed by atoms with Crippen LogP contribution in [0.3, 0.4) is 0 Å². The molecule has 6 rings (SSSR count). The summed E-state index contributed by atoms with van der Waals surface area (Å²) < 4.78 is 12.2. The van der Waals surface area contributed by atoms with Crippen molar-refractivity contribution in [1.29, 1.82) is 0 Å². The Morgan fingerprint density at radius 2 is 1.63 bits per heavy atom. The summed E-state index contributed by atoms with van der Waals surface area (Å²) in [6.45, 7) is 7.82. The van der Waals surface area contributed by atoms with Crippen molar-refractivity contribution < 1.29 is 23.9 Å². The summed E-state index contributed by atoms with van der Waals surface area (Å²) in [5.74, 6) is 0.236.